The number of likely N-dealkylation sites (tertiary alicyclic amines) is 1. The lowest BCUT2D eigenvalue weighted by Crippen LogP contribution is -2.54. The van der Waals surface area contributed by atoms with E-state index < -0.39 is 0 Å². The highest BCUT2D eigenvalue weighted by molar-refractivity contribution is 6.03. The third kappa shape index (κ3) is 4.50. The summed E-state index contributed by atoms with van der Waals surface area (Å²) in [7, 11) is 0. The molecule has 0 atom stereocenters. The van der Waals surface area contributed by atoms with Gasteiger partial charge in [0.25, 0.3) is 5.91 Å². The number of carbonyl (C=O) groups is 2. The maximum absolute atomic E-state index is 12.7. The van der Waals surface area contributed by atoms with Gasteiger partial charge >= 0.3 is 6.03 Å². The molecule has 1 N–H and O–H groups in total. The Morgan fingerprint density at radius 1 is 0.933 bits per heavy atom. The molecule has 2 aliphatic heterocycles. The highest BCUT2D eigenvalue weighted by Crippen LogP contribution is 2.18. The summed E-state index contributed by atoms with van der Waals surface area (Å²) in [4.78, 5) is 44.4. The van der Waals surface area contributed by atoms with Crippen molar-refractivity contribution in [3.05, 3.63) is 42.0 Å². The normalized spacial score (nSPS) is 17.0. The van der Waals surface area contributed by atoms with Crippen molar-refractivity contribution in [3.63, 3.8) is 0 Å². The maximum atomic E-state index is 12.7. The minimum atomic E-state index is -0.334. The Morgan fingerprint density at radius 3 is 2.37 bits per heavy atom. The molecule has 2 aromatic rings. The first-order valence-corrected chi connectivity index (χ1v) is 10.5. The summed E-state index contributed by atoms with van der Waals surface area (Å²) in [5, 5.41) is 2.76. The Bertz CT molecular complexity index is 891. The molecule has 2 aliphatic rings. The zero-order chi connectivity index (χ0) is 20.9. The minimum absolute atomic E-state index is 0.139. The second-order valence-electron chi connectivity index (χ2n) is 7.64. The lowest BCUT2D eigenvalue weighted by molar-refractivity contribution is 0.102. The van der Waals surface area contributed by atoms with Crippen LogP contribution in [0, 0.1) is 6.92 Å². The molecule has 0 unspecified atom stereocenters. The average molecular weight is 409 g/mol. The zero-order valence-corrected chi connectivity index (χ0v) is 17.3. The average Bonchev–Trinajstić information content (AvgIpc) is 2.80. The molecule has 4 rings (SSSR count). The first-order chi connectivity index (χ1) is 14.6. The van der Waals surface area contributed by atoms with E-state index in [2.05, 4.69) is 25.2 Å². The van der Waals surface area contributed by atoms with Gasteiger partial charge in [-0.2, -0.15) is 0 Å². The Balaban J connectivity index is 1.39. The number of urea groups is 1. The number of aryl methyl sites for hydroxylation is 1. The van der Waals surface area contributed by atoms with Crippen molar-refractivity contribution >= 4 is 23.6 Å². The molecule has 3 amide bonds. The fraction of sp³-hybridized carbons (Fsp3) is 0.476. The molecule has 0 bridgehead atoms. The molecule has 2 saturated heterocycles. The molecule has 4 heterocycles. The lowest BCUT2D eigenvalue weighted by Gasteiger charge is -2.39. The van der Waals surface area contributed by atoms with Crippen molar-refractivity contribution in [2.75, 3.05) is 49.5 Å². The molecule has 9 nitrogen and oxygen atoms in total. The van der Waals surface area contributed by atoms with Gasteiger partial charge in [-0.3, -0.25) is 9.78 Å². The summed E-state index contributed by atoms with van der Waals surface area (Å²) in [6.07, 6.45) is 6.70. The summed E-state index contributed by atoms with van der Waals surface area (Å²) in [5.74, 6) is 0.787. The molecule has 0 saturated carbocycles. The van der Waals surface area contributed by atoms with Gasteiger partial charge in [0.1, 0.15) is 11.6 Å². The first kappa shape index (κ1) is 20.1. The van der Waals surface area contributed by atoms with E-state index in [4.69, 9.17) is 0 Å². The van der Waals surface area contributed by atoms with E-state index in [9.17, 15) is 9.59 Å². The molecular formula is C21H27N7O2. The third-order valence-corrected chi connectivity index (χ3v) is 5.57. The second-order valence-corrected chi connectivity index (χ2v) is 7.64. The number of piperazine rings is 1. The fourth-order valence-corrected chi connectivity index (χ4v) is 3.83. The zero-order valence-electron chi connectivity index (χ0n) is 17.3. The van der Waals surface area contributed by atoms with Gasteiger partial charge in [-0.05, 0) is 38.3 Å². The van der Waals surface area contributed by atoms with Crippen LogP contribution in [0.4, 0.5) is 16.4 Å². The number of hydrogen-bond acceptors (Lipinski definition) is 6. The fourth-order valence-electron chi connectivity index (χ4n) is 3.83. The number of rotatable bonds is 3. The Labute approximate surface area is 176 Å². The molecule has 0 aromatic carbocycles. The number of piperidine rings is 1. The Morgan fingerprint density at radius 2 is 1.67 bits per heavy atom. The van der Waals surface area contributed by atoms with Gasteiger partial charge in [-0.15, -0.1) is 0 Å². The van der Waals surface area contributed by atoms with Crippen molar-refractivity contribution in [1.82, 2.24) is 24.8 Å². The first-order valence-electron chi connectivity index (χ1n) is 10.5. The van der Waals surface area contributed by atoms with Crippen LogP contribution in [0.25, 0.3) is 0 Å². The maximum Gasteiger partial charge on any atom is 0.320 e. The van der Waals surface area contributed by atoms with Crippen LogP contribution in [0.2, 0.25) is 0 Å². The van der Waals surface area contributed by atoms with Crippen LogP contribution in [0.15, 0.2) is 30.6 Å². The van der Waals surface area contributed by atoms with E-state index in [-0.39, 0.29) is 17.6 Å². The van der Waals surface area contributed by atoms with Crippen LogP contribution in [0.3, 0.4) is 0 Å². The van der Waals surface area contributed by atoms with Crippen LogP contribution >= 0.6 is 0 Å². The molecule has 2 fully saturated rings. The lowest BCUT2D eigenvalue weighted by atomic mass is 10.1. The SMILES string of the molecule is Cc1ncc(N2CCN(C(=O)N3CCCCC3)CC2)nc1C(=O)Nc1ccccn1. The highest BCUT2D eigenvalue weighted by atomic mass is 16.2. The summed E-state index contributed by atoms with van der Waals surface area (Å²) in [5.41, 5.74) is 0.844. The Kier molecular flexibility index (Phi) is 6.06. The topological polar surface area (TPSA) is 94.6 Å². The quantitative estimate of drug-likeness (QED) is 0.835. The number of carbonyl (C=O) groups excluding carboxylic acids is 2. The highest BCUT2D eigenvalue weighted by Gasteiger charge is 2.27. The van der Waals surface area contributed by atoms with Crippen molar-refractivity contribution in [2.24, 2.45) is 0 Å². The van der Waals surface area contributed by atoms with Gasteiger partial charge in [0.15, 0.2) is 5.69 Å². The van der Waals surface area contributed by atoms with Gasteiger partial charge in [-0.1, -0.05) is 6.07 Å². The van der Waals surface area contributed by atoms with Crippen LogP contribution in [0.1, 0.15) is 35.4 Å². The number of aromatic nitrogens is 3. The predicted octanol–water partition coefficient (Wildman–Crippen LogP) is 2.16. The van der Waals surface area contributed by atoms with E-state index >= 15 is 0 Å². The van der Waals surface area contributed by atoms with Crippen LogP contribution < -0.4 is 10.2 Å². The largest absolute Gasteiger partial charge is 0.352 e. The van der Waals surface area contributed by atoms with Gasteiger partial charge in [-0.25, -0.2) is 14.8 Å². The van der Waals surface area contributed by atoms with Crippen LogP contribution in [0.5, 0.6) is 0 Å². The van der Waals surface area contributed by atoms with E-state index in [1.165, 1.54) is 6.42 Å². The number of nitrogens with one attached hydrogen (secondary N) is 1. The van der Waals surface area contributed by atoms with Crippen LogP contribution in [-0.4, -0.2) is 76.0 Å². The van der Waals surface area contributed by atoms with E-state index in [0.29, 0.717) is 43.5 Å². The van der Waals surface area contributed by atoms with Crippen molar-refractivity contribution in [1.29, 1.82) is 0 Å². The summed E-state index contributed by atoms with van der Waals surface area (Å²) >= 11 is 0. The number of amides is 3. The monoisotopic (exact) mass is 409 g/mol. The standard InChI is InChI=1S/C21H27N7O2/c1-16-19(20(29)24-17-7-3-4-8-22-17)25-18(15-23-16)26-11-13-28(14-12-26)21(30)27-9-5-2-6-10-27/h3-4,7-8,15H,2,5-6,9-14H2,1H3,(H,22,24,29). The summed E-state index contributed by atoms with van der Waals surface area (Å²) < 4.78 is 0. The van der Waals surface area contributed by atoms with E-state index in [1.54, 1.807) is 31.5 Å². The summed E-state index contributed by atoms with van der Waals surface area (Å²) in [6, 6.07) is 5.46. The molecule has 0 aliphatic carbocycles. The molecule has 158 valence electrons. The van der Waals surface area contributed by atoms with E-state index in [1.807, 2.05) is 15.9 Å². The van der Waals surface area contributed by atoms with Crippen molar-refractivity contribution < 1.29 is 9.59 Å². The summed E-state index contributed by atoms with van der Waals surface area (Å²) in [6.45, 7) is 6.09. The predicted molar refractivity (Wildman–Crippen MR) is 114 cm³/mol. The minimum Gasteiger partial charge on any atom is -0.352 e. The molecule has 9 heteroatoms. The molecular weight excluding hydrogens is 382 g/mol. The second kappa shape index (κ2) is 9.06. The molecule has 0 radical (unpaired) electrons. The smallest absolute Gasteiger partial charge is 0.320 e. The number of anilines is 2. The third-order valence-electron chi connectivity index (χ3n) is 5.57. The van der Waals surface area contributed by atoms with Gasteiger partial charge in [0.2, 0.25) is 0 Å². The number of nitrogens with zero attached hydrogens (tertiary/aromatic N) is 6. The van der Waals surface area contributed by atoms with Gasteiger partial charge in [0, 0.05) is 45.5 Å². The van der Waals surface area contributed by atoms with Crippen LogP contribution in [-0.2, 0) is 0 Å². The molecule has 30 heavy (non-hydrogen) atoms. The van der Waals surface area contributed by atoms with Crippen molar-refractivity contribution in [3.8, 4) is 0 Å². The number of hydrogen-bond donors (Lipinski definition) is 1. The Hall–Kier alpha value is -3.23. The van der Waals surface area contributed by atoms with E-state index in [0.717, 1.165) is 25.9 Å². The number of pyridine rings is 1. The van der Waals surface area contributed by atoms with Gasteiger partial charge < -0.3 is 20.0 Å². The molecule has 2 aromatic heterocycles. The van der Waals surface area contributed by atoms with Gasteiger partial charge in [0.05, 0.1) is 11.9 Å². The molecule has 0 spiro atoms. The van der Waals surface area contributed by atoms with Crippen molar-refractivity contribution in [2.45, 2.75) is 26.2 Å².